The topological polar surface area (TPSA) is 46.6 Å². The Kier molecular flexibility index (Phi) is 6.47. The van der Waals surface area contributed by atoms with Crippen molar-refractivity contribution in [1.82, 2.24) is 15.2 Å². The molecule has 0 aliphatic carbocycles. The standard InChI is InChI=1S/C21H29N3O2/c1-4-16-9-10-18(23-15-16)20(24-13-6-11-22-12-14-24)17-7-5-8-19(25-2)21(17)26-3/h5,7-10,15,20,22H,4,6,11-14H2,1-3H3. The number of nitrogens with zero attached hydrogens (tertiary/aromatic N) is 2. The smallest absolute Gasteiger partial charge is 0.165 e. The summed E-state index contributed by atoms with van der Waals surface area (Å²) in [5.74, 6) is 1.55. The Morgan fingerprint density at radius 3 is 2.69 bits per heavy atom. The van der Waals surface area contributed by atoms with Crippen LogP contribution in [0.2, 0.25) is 0 Å². The van der Waals surface area contributed by atoms with E-state index >= 15 is 0 Å². The molecular formula is C21H29N3O2. The summed E-state index contributed by atoms with van der Waals surface area (Å²) >= 11 is 0. The van der Waals surface area contributed by atoms with Gasteiger partial charge in [-0.2, -0.15) is 0 Å². The molecule has 5 heteroatoms. The SMILES string of the molecule is CCc1ccc(C(c2cccc(OC)c2OC)N2CCCNCC2)nc1. The summed E-state index contributed by atoms with van der Waals surface area (Å²) in [5.41, 5.74) is 3.41. The van der Waals surface area contributed by atoms with Crippen LogP contribution in [0.1, 0.15) is 36.2 Å². The van der Waals surface area contributed by atoms with Crippen LogP contribution in [0.3, 0.4) is 0 Å². The zero-order valence-corrected chi connectivity index (χ0v) is 16.0. The third-order valence-corrected chi connectivity index (χ3v) is 5.00. The molecule has 140 valence electrons. The van der Waals surface area contributed by atoms with Crippen LogP contribution in [-0.4, -0.2) is 50.3 Å². The number of hydrogen-bond acceptors (Lipinski definition) is 5. The van der Waals surface area contributed by atoms with Crippen molar-refractivity contribution >= 4 is 0 Å². The van der Waals surface area contributed by atoms with Gasteiger partial charge in [-0.15, -0.1) is 0 Å². The van der Waals surface area contributed by atoms with Crippen LogP contribution >= 0.6 is 0 Å². The van der Waals surface area contributed by atoms with Gasteiger partial charge in [0.2, 0.25) is 0 Å². The first-order valence-electron chi connectivity index (χ1n) is 9.39. The van der Waals surface area contributed by atoms with Gasteiger partial charge >= 0.3 is 0 Å². The number of methoxy groups -OCH3 is 2. The van der Waals surface area contributed by atoms with E-state index < -0.39 is 0 Å². The average Bonchev–Trinajstić information content (AvgIpc) is 2.98. The van der Waals surface area contributed by atoms with Gasteiger partial charge in [-0.25, -0.2) is 0 Å². The van der Waals surface area contributed by atoms with E-state index in [-0.39, 0.29) is 6.04 Å². The molecule has 1 saturated heterocycles. The van der Waals surface area contributed by atoms with Crippen molar-refractivity contribution in [2.45, 2.75) is 25.8 Å². The van der Waals surface area contributed by atoms with E-state index in [2.05, 4.69) is 35.3 Å². The Hall–Kier alpha value is -2.11. The molecule has 0 saturated carbocycles. The fourth-order valence-corrected chi connectivity index (χ4v) is 3.60. The molecule has 1 N–H and O–H groups in total. The quantitative estimate of drug-likeness (QED) is 0.863. The lowest BCUT2D eigenvalue weighted by Crippen LogP contribution is -2.33. The van der Waals surface area contributed by atoms with Crippen LogP contribution in [0.25, 0.3) is 0 Å². The largest absolute Gasteiger partial charge is 0.493 e. The molecule has 1 aliphatic heterocycles. The van der Waals surface area contributed by atoms with Crippen LogP contribution < -0.4 is 14.8 Å². The van der Waals surface area contributed by atoms with Crippen molar-refractivity contribution in [2.24, 2.45) is 0 Å². The first-order chi connectivity index (χ1) is 12.8. The molecular weight excluding hydrogens is 326 g/mol. The maximum absolute atomic E-state index is 5.74. The van der Waals surface area contributed by atoms with Crippen LogP contribution in [0.4, 0.5) is 0 Å². The maximum atomic E-state index is 5.74. The van der Waals surface area contributed by atoms with Gasteiger partial charge in [0.1, 0.15) is 0 Å². The third-order valence-electron chi connectivity index (χ3n) is 5.00. The Bertz CT molecular complexity index is 695. The number of aromatic nitrogens is 1. The second-order valence-corrected chi connectivity index (χ2v) is 6.57. The molecule has 1 aromatic heterocycles. The highest BCUT2D eigenvalue weighted by Gasteiger charge is 2.28. The number of benzene rings is 1. The van der Waals surface area contributed by atoms with Crippen LogP contribution in [0, 0.1) is 0 Å². The van der Waals surface area contributed by atoms with Crippen molar-refractivity contribution in [3.05, 3.63) is 53.3 Å². The Balaban J connectivity index is 2.07. The van der Waals surface area contributed by atoms with Crippen molar-refractivity contribution in [2.75, 3.05) is 40.4 Å². The van der Waals surface area contributed by atoms with E-state index in [0.29, 0.717) is 0 Å². The molecule has 0 amide bonds. The van der Waals surface area contributed by atoms with Crippen molar-refractivity contribution < 1.29 is 9.47 Å². The van der Waals surface area contributed by atoms with Gasteiger partial charge in [0.25, 0.3) is 0 Å². The third kappa shape index (κ3) is 4.00. The van der Waals surface area contributed by atoms with Crippen molar-refractivity contribution in [3.8, 4) is 11.5 Å². The molecule has 2 aromatic rings. The summed E-state index contributed by atoms with van der Waals surface area (Å²) < 4.78 is 11.3. The van der Waals surface area contributed by atoms with Gasteiger partial charge in [0.05, 0.1) is 26.0 Å². The van der Waals surface area contributed by atoms with E-state index in [1.807, 2.05) is 18.3 Å². The highest BCUT2D eigenvalue weighted by Crippen LogP contribution is 2.39. The van der Waals surface area contributed by atoms with Gasteiger partial charge in [0, 0.05) is 31.4 Å². The number of nitrogens with one attached hydrogen (secondary N) is 1. The predicted octanol–water partition coefficient (Wildman–Crippen LogP) is 3.05. The van der Waals surface area contributed by atoms with Gasteiger partial charge in [-0.3, -0.25) is 9.88 Å². The lowest BCUT2D eigenvalue weighted by molar-refractivity contribution is 0.231. The normalized spacial score (nSPS) is 16.7. The van der Waals surface area contributed by atoms with Crippen LogP contribution in [0.15, 0.2) is 36.5 Å². The van der Waals surface area contributed by atoms with Crippen molar-refractivity contribution in [1.29, 1.82) is 0 Å². The summed E-state index contributed by atoms with van der Waals surface area (Å²) in [5, 5.41) is 3.49. The van der Waals surface area contributed by atoms with Gasteiger partial charge in [-0.1, -0.05) is 25.1 Å². The minimum Gasteiger partial charge on any atom is -0.493 e. The minimum absolute atomic E-state index is 0.0471. The van der Waals surface area contributed by atoms with Crippen LogP contribution in [0.5, 0.6) is 11.5 Å². The number of aryl methyl sites for hydroxylation is 1. The average molecular weight is 355 g/mol. The summed E-state index contributed by atoms with van der Waals surface area (Å²) in [7, 11) is 3.39. The van der Waals surface area contributed by atoms with Crippen LogP contribution in [-0.2, 0) is 6.42 Å². The molecule has 26 heavy (non-hydrogen) atoms. The predicted molar refractivity (Wildman–Crippen MR) is 104 cm³/mol. The first-order valence-corrected chi connectivity index (χ1v) is 9.39. The summed E-state index contributed by atoms with van der Waals surface area (Å²) in [6.45, 7) is 6.19. The molecule has 1 aromatic carbocycles. The van der Waals surface area contributed by atoms with Gasteiger partial charge in [-0.05, 0) is 37.1 Å². The molecule has 0 spiro atoms. The highest BCUT2D eigenvalue weighted by atomic mass is 16.5. The Morgan fingerprint density at radius 1 is 1.12 bits per heavy atom. The summed E-state index contributed by atoms with van der Waals surface area (Å²) in [6, 6.07) is 10.5. The lowest BCUT2D eigenvalue weighted by Gasteiger charge is -2.31. The number of rotatable bonds is 6. The fraction of sp³-hybridized carbons (Fsp3) is 0.476. The first kappa shape index (κ1) is 18.7. The number of hydrogen-bond donors (Lipinski definition) is 1. The van der Waals surface area contributed by atoms with E-state index in [4.69, 9.17) is 14.5 Å². The maximum Gasteiger partial charge on any atom is 0.165 e. The van der Waals surface area contributed by atoms with Crippen molar-refractivity contribution in [3.63, 3.8) is 0 Å². The second kappa shape index (κ2) is 9.01. The lowest BCUT2D eigenvalue weighted by atomic mass is 9.98. The van der Waals surface area contributed by atoms with Gasteiger partial charge < -0.3 is 14.8 Å². The molecule has 1 atom stereocenters. The van der Waals surface area contributed by atoms with E-state index in [1.54, 1.807) is 14.2 Å². The zero-order chi connectivity index (χ0) is 18.4. The monoisotopic (exact) mass is 355 g/mol. The Labute approximate surface area is 156 Å². The summed E-state index contributed by atoms with van der Waals surface area (Å²) in [6.07, 6.45) is 4.11. The van der Waals surface area contributed by atoms with E-state index in [9.17, 15) is 0 Å². The molecule has 3 rings (SSSR count). The second-order valence-electron chi connectivity index (χ2n) is 6.57. The molecule has 1 fully saturated rings. The number of para-hydroxylation sites is 1. The van der Waals surface area contributed by atoms with E-state index in [0.717, 1.165) is 61.8 Å². The molecule has 5 nitrogen and oxygen atoms in total. The Morgan fingerprint density at radius 2 is 2.00 bits per heavy atom. The zero-order valence-electron chi connectivity index (χ0n) is 16.0. The van der Waals surface area contributed by atoms with E-state index in [1.165, 1.54) is 5.56 Å². The highest BCUT2D eigenvalue weighted by molar-refractivity contribution is 5.50. The molecule has 1 aliphatic rings. The number of pyridine rings is 1. The minimum atomic E-state index is 0.0471. The number of ether oxygens (including phenoxy) is 2. The molecule has 0 bridgehead atoms. The summed E-state index contributed by atoms with van der Waals surface area (Å²) in [4.78, 5) is 7.30. The van der Waals surface area contributed by atoms with Gasteiger partial charge in [0.15, 0.2) is 11.5 Å². The molecule has 2 heterocycles. The fourth-order valence-electron chi connectivity index (χ4n) is 3.60. The molecule has 1 unspecified atom stereocenters. The molecule has 0 radical (unpaired) electrons.